The lowest BCUT2D eigenvalue weighted by Gasteiger charge is -2.02. The van der Waals surface area contributed by atoms with Gasteiger partial charge in [-0.3, -0.25) is 10.1 Å². The van der Waals surface area contributed by atoms with E-state index in [2.05, 4.69) is 0 Å². The van der Waals surface area contributed by atoms with Crippen molar-refractivity contribution in [3.63, 3.8) is 0 Å². The predicted molar refractivity (Wildman–Crippen MR) is 83.3 cm³/mol. The summed E-state index contributed by atoms with van der Waals surface area (Å²) in [5.74, 6) is -0.548. The summed E-state index contributed by atoms with van der Waals surface area (Å²) in [7, 11) is 0. The van der Waals surface area contributed by atoms with Gasteiger partial charge in [0.2, 0.25) is 5.76 Å². The Labute approximate surface area is 131 Å². The van der Waals surface area contributed by atoms with E-state index in [4.69, 9.17) is 9.15 Å². The number of esters is 1. The molecule has 1 heterocycles. The minimum Gasteiger partial charge on any atom is -0.459 e. The largest absolute Gasteiger partial charge is 0.459 e. The number of nitrogens with zero attached hydrogens (tertiary/aromatic N) is 1. The van der Waals surface area contributed by atoms with Crippen LogP contribution in [0.3, 0.4) is 0 Å². The van der Waals surface area contributed by atoms with E-state index in [0.717, 1.165) is 5.56 Å². The van der Waals surface area contributed by atoms with E-state index in [0.29, 0.717) is 17.4 Å². The van der Waals surface area contributed by atoms with Gasteiger partial charge in [-0.1, -0.05) is 30.3 Å². The van der Waals surface area contributed by atoms with E-state index in [9.17, 15) is 14.9 Å². The van der Waals surface area contributed by atoms with Crippen LogP contribution >= 0.6 is 0 Å². The smallest absolute Gasteiger partial charge is 0.374 e. The van der Waals surface area contributed by atoms with Crippen molar-refractivity contribution in [1.82, 2.24) is 0 Å². The molecule has 0 amide bonds. The van der Waals surface area contributed by atoms with Gasteiger partial charge in [0.1, 0.15) is 5.58 Å². The zero-order chi connectivity index (χ0) is 16.2. The lowest BCUT2D eigenvalue weighted by molar-refractivity contribution is -0.384. The molecule has 2 aromatic carbocycles. The standard InChI is InChI=1S/C17H13NO5/c19-17(22-9-8-12-4-2-1-3-5-12)16-11-13-10-14(18(20)21)6-7-15(13)23-16/h1-7,10-11H,8-9H2. The Morgan fingerprint density at radius 1 is 1.13 bits per heavy atom. The van der Waals surface area contributed by atoms with Crippen LogP contribution in [0.4, 0.5) is 5.69 Å². The summed E-state index contributed by atoms with van der Waals surface area (Å²) < 4.78 is 10.5. The summed E-state index contributed by atoms with van der Waals surface area (Å²) in [5.41, 5.74) is 1.42. The summed E-state index contributed by atoms with van der Waals surface area (Å²) in [4.78, 5) is 22.2. The molecule has 0 atom stereocenters. The second kappa shape index (κ2) is 6.31. The minimum absolute atomic E-state index is 0.0357. The Balaban J connectivity index is 1.67. The summed E-state index contributed by atoms with van der Waals surface area (Å²) in [6, 6.07) is 15.3. The Bertz CT molecular complexity index is 854. The highest BCUT2D eigenvalue weighted by molar-refractivity contribution is 5.93. The third-order valence-electron chi connectivity index (χ3n) is 3.38. The van der Waals surface area contributed by atoms with Gasteiger partial charge in [-0.05, 0) is 17.7 Å². The molecule has 0 aliphatic heterocycles. The lowest BCUT2D eigenvalue weighted by Crippen LogP contribution is -2.07. The van der Waals surface area contributed by atoms with Gasteiger partial charge in [-0.25, -0.2) is 4.79 Å². The SMILES string of the molecule is O=C(OCCc1ccccc1)c1cc2cc([N+](=O)[O-])ccc2o1. The van der Waals surface area contributed by atoms with Gasteiger partial charge in [0, 0.05) is 23.9 Å². The zero-order valence-corrected chi connectivity index (χ0v) is 12.1. The molecule has 0 saturated heterocycles. The molecular formula is C17H13NO5. The number of rotatable bonds is 5. The lowest BCUT2D eigenvalue weighted by atomic mass is 10.2. The first-order chi connectivity index (χ1) is 11.1. The summed E-state index contributed by atoms with van der Waals surface area (Å²) >= 11 is 0. The van der Waals surface area contributed by atoms with Crippen LogP contribution in [0.1, 0.15) is 16.1 Å². The molecule has 3 rings (SSSR count). The number of hydrogen-bond donors (Lipinski definition) is 0. The van der Waals surface area contributed by atoms with Crippen molar-refractivity contribution in [1.29, 1.82) is 0 Å². The van der Waals surface area contributed by atoms with E-state index in [-0.39, 0.29) is 18.1 Å². The van der Waals surface area contributed by atoms with Crippen molar-refractivity contribution in [2.45, 2.75) is 6.42 Å². The van der Waals surface area contributed by atoms with Gasteiger partial charge in [-0.15, -0.1) is 0 Å². The van der Waals surface area contributed by atoms with Crippen LogP contribution in [0, 0.1) is 10.1 Å². The molecule has 3 aromatic rings. The molecule has 0 aliphatic rings. The van der Waals surface area contributed by atoms with Gasteiger partial charge >= 0.3 is 5.97 Å². The Morgan fingerprint density at radius 2 is 1.91 bits per heavy atom. The highest BCUT2D eigenvalue weighted by Crippen LogP contribution is 2.24. The number of benzene rings is 2. The molecule has 0 spiro atoms. The first-order valence-corrected chi connectivity index (χ1v) is 7.02. The number of furan rings is 1. The molecular weight excluding hydrogens is 298 g/mol. The van der Waals surface area contributed by atoms with Gasteiger partial charge in [0.25, 0.3) is 5.69 Å². The molecule has 0 radical (unpaired) electrons. The Hall–Kier alpha value is -3.15. The molecule has 6 heteroatoms. The van der Waals surface area contributed by atoms with Gasteiger partial charge in [-0.2, -0.15) is 0 Å². The van der Waals surface area contributed by atoms with Crippen molar-refractivity contribution >= 4 is 22.6 Å². The monoisotopic (exact) mass is 311 g/mol. The third-order valence-corrected chi connectivity index (χ3v) is 3.38. The number of non-ortho nitro benzene ring substituents is 1. The number of hydrogen-bond acceptors (Lipinski definition) is 5. The van der Waals surface area contributed by atoms with Crippen LogP contribution in [0.2, 0.25) is 0 Å². The van der Waals surface area contributed by atoms with Crippen LogP contribution < -0.4 is 0 Å². The van der Waals surface area contributed by atoms with Gasteiger partial charge < -0.3 is 9.15 Å². The van der Waals surface area contributed by atoms with E-state index < -0.39 is 10.9 Å². The highest BCUT2D eigenvalue weighted by atomic mass is 16.6. The number of carbonyl (C=O) groups is 1. The van der Waals surface area contributed by atoms with E-state index in [1.165, 1.54) is 24.3 Å². The summed E-state index contributed by atoms with van der Waals surface area (Å²) in [6.45, 7) is 0.236. The molecule has 116 valence electrons. The van der Waals surface area contributed by atoms with Gasteiger partial charge in [0.15, 0.2) is 0 Å². The average molecular weight is 311 g/mol. The second-order valence-corrected chi connectivity index (χ2v) is 4.96. The average Bonchev–Trinajstić information content (AvgIpc) is 2.99. The van der Waals surface area contributed by atoms with Crippen LogP contribution in [0.25, 0.3) is 11.0 Å². The fourth-order valence-corrected chi connectivity index (χ4v) is 2.22. The number of nitro groups is 1. The number of fused-ring (bicyclic) bond motifs is 1. The van der Waals surface area contributed by atoms with Crippen molar-refractivity contribution in [2.75, 3.05) is 6.61 Å². The molecule has 0 bridgehead atoms. The second-order valence-electron chi connectivity index (χ2n) is 4.96. The first-order valence-electron chi connectivity index (χ1n) is 7.02. The molecule has 1 aromatic heterocycles. The van der Waals surface area contributed by atoms with Crippen LogP contribution in [0.15, 0.2) is 59.0 Å². The Morgan fingerprint density at radius 3 is 2.65 bits per heavy atom. The predicted octanol–water partition coefficient (Wildman–Crippen LogP) is 3.74. The maximum atomic E-state index is 12.0. The normalized spacial score (nSPS) is 10.6. The van der Waals surface area contributed by atoms with Crippen molar-refractivity contribution in [2.24, 2.45) is 0 Å². The number of ether oxygens (including phenoxy) is 1. The van der Waals surface area contributed by atoms with Crippen molar-refractivity contribution in [3.8, 4) is 0 Å². The maximum absolute atomic E-state index is 12.0. The minimum atomic E-state index is -0.584. The molecule has 0 fully saturated rings. The quantitative estimate of drug-likeness (QED) is 0.407. The molecule has 6 nitrogen and oxygen atoms in total. The van der Waals surface area contributed by atoms with E-state index >= 15 is 0 Å². The molecule has 0 saturated carbocycles. The molecule has 23 heavy (non-hydrogen) atoms. The fraction of sp³-hybridized carbons (Fsp3) is 0.118. The highest BCUT2D eigenvalue weighted by Gasteiger charge is 2.16. The van der Waals surface area contributed by atoms with E-state index in [1.54, 1.807) is 0 Å². The van der Waals surface area contributed by atoms with Gasteiger partial charge in [0.05, 0.1) is 11.5 Å². The van der Waals surface area contributed by atoms with E-state index in [1.807, 2.05) is 30.3 Å². The maximum Gasteiger partial charge on any atom is 0.374 e. The van der Waals surface area contributed by atoms with Crippen molar-refractivity contribution in [3.05, 3.63) is 76.0 Å². The molecule has 0 N–H and O–H groups in total. The number of nitro benzene ring substituents is 1. The van der Waals surface area contributed by atoms with Crippen molar-refractivity contribution < 1.29 is 18.9 Å². The topological polar surface area (TPSA) is 82.6 Å². The molecule has 0 unspecified atom stereocenters. The fourth-order valence-electron chi connectivity index (χ4n) is 2.22. The van der Waals surface area contributed by atoms with Crippen LogP contribution in [0.5, 0.6) is 0 Å². The molecule has 0 aliphatic carbocycles. The Kier molecular flexibility index (Phi) is 4.05. The van der Waals surface area contributed by atoms with Crippen LogP contribution in [-0.4, -0.2) is 17.5 Å². The summed E-state index contributed by atoms with van der Waals surface area (Å²) in [5, 5.41) is 11.2. The first kappa shape index (κ1) is 14.8. The zero-order valence-electron chi connectivity index (χ0n) is 12.1. The summed E-state index contributed by atoms with van der Waals surface area (Å²) in [6.07, 6.45) is 0.609. The number of carbonyl (C=O) groups excluding carboxylic acids is 1. The van der Waals surface area contributed by atoms with Crippen LogP contribution in [-0.2, 0) is 11.2 Å². The third kappa shape index (κ3) is 3.37.